The van der Waals surface area contributed by atoms with E-state index in [-0.39, 0.29) is 6.10 Å². The summed E-state index contributed by atoms with van der Waals surface area (Å²) >= 11 is 0. The van der Waals surface area contributed by atoms with Gasteiger partial charge in [0.1, 0.15) is 0 Å². The molecule has 0 fully saturated rings. The Morgan fingerprint density at radius 1 is 1.13 bits per heavy atom. The summed E-state index contributed by atoms with van der Waals surface area (Å²) in [6.45, 7) is 2.18. The minimum absolute atomic E-state index is 0.277. The van der Waals surface area contributed by atoms with Gasteiger partial charge in [0.25, 0.3) is 0 Å². The highest BCUT2D eigenvalue weighted by Gasteiger charge is 2.27. The van der Waals surface area contributed by atoms with Gasteiger partial charge in [0.05, 0.1) is 6.10 Å². The summed E-state index contributed by atoms with van der Waals surface area (Å²) < 4.78 is 0. The lowest BCUT2D eigenvalue weighted by Gasteiger charge is -2.08. The van der Waals surface area contributed by atoms with Crippen molar-refractivity contribution in [3.63, 3.8) is 0 Å². The first-order valence-electron chi connectivity index (χ1n) is 5.47. The van der Waals surface area contributed by atoms with Crippen molar-refractivity contribution >= 4 is 10.8 Å². The van der Waals surface area contributed by atoms with E-state index in [0.717, 1.165) is 12.0 Å². The molecule has 1 aliphatic rings. The first kappa shape index (κ1) is 8.93. The molecule has 0 radical (unpaired) electrons. The molecule has 2 atom stereocenters. The molecule has 15 heavy (non-hydrogen) atoms. The Morgan fingerprint density at radius 2 is 1.93 bits per heavy atom. The molecular formula is C14H14O. The maximum Gasteiger partial charge on any atom is 0.0804 e. The Kier molecular flexibility index (Phi) is 1.83. The van der Waals surface area contributed by atoms with Crippen molar-refractivity contribution in [2.75, 3.05) is 0 Å². The molecule has 2 aromatic rings. The molecule has 1 aliphatic carbocycles. The molecule has 0 unspecified atom stereocenters. The van der Waals surface area contributed by atoms with Crippen LogP contribution < -0.4 is 0 Å². The molecule has 0 spiro atoms. The fraction of sp³-hybridized carbons (Fsp3) is 0.286. The van der Waals surface area contributed by atoms with Crippen molar-refractivity contribution in [2.24, 2.45) is 0 Å². The van der Waals surface area contributed by atoms with Crippen LogP contribution in [-0.4, -0.2) is 5.11 Å². The van der Waals surface area contributed by atoms with Gasteiger partial charge in [-0.3, -0.25) is 0 Å². The average molecular weight is 198 g/mol. The number of fused-ring (bicyclic) bond motifs is 3. The Bertz CT molecular complexity index is 516. The summed E-state index contributed by atoms with van der Waals surface area (Å²) in [7, 11) is 0. The van der Waals surface area contributed by atoms with E-state index in [9.17, 15) is 5.11 Å². The molecule has 1 N–H and O–H groups in total. The molecule has 1 heteroatoms. The molecule has 0 aliphatic heterocycles. The molecule has 0 saturated heterocycles. The van der Waals surface area contributed by atoms with E-state index in [0.29, 0.717) is 5.92 Å². The van der Waals surface area contributed by atoms with E-state index in [1.54, 1.807) is 0 Å². The quantitative estimate of drug-likeness (QED) is 0.688. The number of aliphatic hydroxyl groups is 1. The zero-order chi connectivity index (χ0) is 10.4. The minimum atomic E-state index is -0.277. The van der Waals surface area contributed by atoms with E-state index >= 15 is 0 Å². The lowest BCUT2D eigenvalue weighted by atomic mass is 9.98. The second kappa shape index (κ2) is 3.07. The lowest BCUT2D eigenvalue weighted by Crippen LogP contribution is -1.91. The summed E-state index contributed by atoms with van der Waals surface area (Å²) in [5.41, 5.74) is 2.47. The summed E-state index contributed by atoms with van der Waals surface area (Å²) in [6, 6.07) is 12.6. The summed E-state index contributed by atoms with van der Waals surface area (Å²) in [5.74, 6) is 0.486. The third kappa shape index (κ3) is 1.20. The number of aliphatic hydroxyl groups excluding tert-OH is 1. The van der Waals surface area contributed by atoms with Crippen LogP contribution in [0, 0.1) is 0 Å². The smallest absolute Gasteiger partial charge is 0.0804 e. The number of rotatable bonds is 0. The van der Waals surface area contributed by atoms with Crippen LogP contribution in [0.15, 0.2) is 36.4 Å². The summed E-state index contributed by atoms with van der Waals surface area (Å²) in [6.07, 6.45) is 0.588. The maximum absolute atomic E-state index is 10.0. The molecule has 0 heterocycles. The molecule has 1 nitrogen and oxygen atoms in total. The molecular weight excluding hydrogens is 184 g/mol. The van der Waals surface area contributed by atoms with Crippen LogP contribution in [0.25, 0.3) is 10.8 Å². The van der Waals surface area contributed by atoms with Crippen molar-refractivity contribution in [1.29, 1.82) is 0 Å². The van der Waals surface area contributed by atoms with Gasteiger partial charge in [-0.1, -0.05) is 43.3 Å². The van der Waals surface area contributed by atoms with E-state index in [1.807, 2.05) is 12.1 Å². The van der Waals surface area contributed by atoms with Gasteiger partial charge in [0, 0.05) is 0 Å². The van der Waals surface area contributed by atoms with Crippen molar-refractivity contribution in [1.82, 2.24) is 0 Å². The lowest BCUT2D eigenvalue weighted by molar-refractivity contribution is 0.176. The van der Waals surface area contributed by atoms with Crippen LogP contribution in [0.2, 0.25) is 0 Å². The number of hydrogen-bond donors (Lipinski definition) is 1. The van der Waals surface area contributed by atoms with Crippen molar-refractivity contribution in [3.05, 3.63) is 47.5 Å². The minimum Gasteiger partial charge on any atom is -0.388 e. The highest BCUT2D eigenvalue weighted by Crippen LogP contribution is 2.43. The molecule has 3 rings (SSSR count). The zero-order valence-corrected chi connectivity index (χ0v) is 8.77. The second-order valence-corrected chi connectivity index (χ2v) is 4.44. The van der Waals surface area contributed by atoms with Gasteiger partial charge in [-0.25, -0.2) is 0 Å². The Balaban J connectivity index is 2.39. The summed E-state index contributed by atoms with van der Waals surface area (Å²) in [5, 5.41) is 12.5. The Labute approximate surface area is 89.4 Å². The van der Waals surface area contributed by atoms with Crippen LogP contribution >= 0.6 is 0 Å². The van der Waals surface area contributed by atoms with Gasteiger partial charge in [0.2, 0.25) is 0 Å². The molecule has 2 aromatic carbocycles. The normalized spacial score (nSPS) is 24.4. The topological polar surface area (TPSA) is 20.2 Å². The van der Waals surface area contributed by atoms with Crippen molar-refractivity contribution in [2.45, 2.75) is 25.4 Å². The third-order valence-electron chi connectivity index (χ3n) is 3.45. The number of hydrogen-bond acceptors (Lipinski definition) is 1. The van der Waals surface area contributed by atoms with Crippen LogP contribution in [0.5, 0.6) is 0 Å². The maximum atomic E-state index is 10.0. The standard InChI is InChI=1S/C14H14O/c1-9-8-13(15)14-11(9)7-6-10-4-2-3-5-12(10)14/h2-7,9,13,15H,8H2,1H3/t9-,13+/m1/s1. The second-order valence-electron chi connectivity index (χ2n) is 4.44. The van der Waals surface area contributed by atoms with Gasteiger partial charge >= 0.3 is 0 Å². The van der Waals surface area contributed by atoms with Gasteiger partial charge < -0.3 is 5.11 Å². The van der Waals surface area contributed by atoms with Gasteiger partial charge in [-0.2, -0.15) is 0 Å². The fourth-order valence-electron chi connectivity index (χ4n) is 2.69. The predicted molar refractivity (Wildman–Crippen MR) is 61.9 cm³/mol. The van der Waals surface area contributed by atoms with Crippen LogP contribution in [-0.2, 0) is 0 Å². The van der Waals surface area contributed by atoms with E-state index in [2.05, 4.69) is 31.2 Å². The van der Waals surface area contributed by atoms with Crippen molar-refractivity contribution < 1.29 is 5.11 Å². The van der Waals surface area contributed by atoms with E-state index in [1.165, 1.54) is 16.3 Å². The SMILES string of the molecule is C[C@@H]1C[C@H](O)c2c1ccc1ccccc21. The molecule has 0 saturated carbocycles. The van der Waals surface area contributed by atoms with Crippen LogP contribution in [0.4, 0.5) is 0 Å². The highest BCUT2D eigenvalue weighted by atomic mass is 16.3. The average Bonchev–Trinajstić information content (AvgIpc) is 2.55. The first-order valence-corrected chi connectivity index (χ1v) is 5.47. The molecule has 0 bridgehead atoms. The fourth-order valence-corrected chi connectivity index (χ4v) is 2.69. The molecule has 0 amide bonds. The largest absolute Gasteiger partial charge is 0.388 e. The van der Waals surface area contributed by atoms with E-state index < -0.39 is 0 Å². The zero-order valence-electron chi connectivity index (χ0n) is 8.77. The van der Waals surface area contributed by atoms with Gasteiger partial charge in [0.15, 0.2) is 0 Å². The Morgan fingerprint density at radius 3 is 2.80 bits per heavy atom. The highest BCUT2D eigenvalue weighted by molar-refractivity contribution is 5.87. The number of benzene rings is 2. The summed E-state index contributed by atoms with van der Waals surface area (Å²) in [4.78, 5) is 0. The molecule has 76 valence electrons. The van der Waals surface area contributed by atoms with Gasteiger partial charge in [-0.05, 0) is 34.2 Å². The molecule has 0 aromatic heterocycles. The van der Waals surface area contributed by atoms with Crippen molar-refractivity contribution in [3.8, 4) is 0 Å². The van der Waals surface area contributed by atoms with E-state index in [4.69, 9.17) is 0 Å². The first-order chi connectivity index (χ1) is 7.27. The third-order valence-corrected chi connectivity index (χ3v) is 3.45. The van der Waals surface area contributed by atoms with Crippen LogP contribution in [0.3, 0.4) is 0 Å². The van der Waals surface area contributed by atoms with Gasteiger partial charge in [-0.15, -0.1) is 0 Å². The monoisotopic (exact) mass is 198 g/mol. The predicted octanol–water partition coefficient (Wildman–Crippen LogP) is 3.38. The Hall–Kier alpha value is -1.34. The van der Waals surface area contributed by atoms with Crippen LogP contribution in [0.1, 0.15) is 36.5 Å².